The highest BCUT2D eigenvalue weighted by Crippen LogP contribution is 2.14. The molecule has 0 aliphatic carbocycles. The average Bonchev–Trinajstić information content (AvgIpc) is 2.07. The van der Waals surface area contributed by atoms with E-state index in [0.29, 0.717) is 6.42 Å². The fraction of sp³-hybridized carbons (Fsp3) is 0.364. The van der Waals surface area contributed by atoms with Crippen molar-refractivity contribution in [2.75, 3.05) is 5.32 Å². The van der Waals surface area contributed by atoms with Gasteiger partial charge in [-0.25, -0.2) is 0 Å². The highest BCUT2D eigenvalue weighted by molar-refractivity contribution is 9.09. The van der Waals surface area contributed by atoms with E-state index >= 15 is 0 Å². The largest absolute Gasteiger partial charge is 0.326 e. The number of carbonyl (C=O) groups is 1. The van der Waals surface area contributed by atoms with Gasteiger partial charge in [-0.05, 0) is 18.6 Å². The first-order chi connectivity index (χ1) is 6.59. The zero-order chi connectivity index (χ0) is 10.6. The van der Waals surface area contributed by atoms with Crippen molar-refractivity contribution in [2.24, 2.45) is 0 Å². The SMILES string of the molecule is Cc1ccccc1NC(=O)CC(C)Br. The van der Waals surface area contributed by atoms with Crippen LogP contribution in [0.3, 0.4) is 0 Å². The van der Waals surface area contributed by atoms with Crippen molar-refractivity contribution in [3.8, 4) is 0 Å². The zero-order valence-corrected chi connectivity index (χ0v) is 9.97. The molecule has 3 heteroatoms. The first-order valence-corrected chi connectivity index (χ1v) is 5.50. The number of aryl methyl sites for hydroxylation is 1. The van der Waals surface area contributed by atoms with E-state index in [-0.39, 0.29) is 10.7 Å². The molecule has 0 aliphatic heterocycles. The second-order valence-corrected chi connectivity index (χ2v) is 4.91. The summed E-state index contributed by atoms with van der Waals surface area (Å²) in [6.45, 7) is 3.94. The van der Waals surface area contributed by atoms with Gasteiger partial charge in [0.1, 0.15) is 0 Å². The smallest absolute Gasteiger partial charge is 0.225 e. The summed E-state index contributed by atoms with van der Waals surface area (Å²) in [6.07, 6.45) is 0.494. The molecule has 0 saturated carbocycles. The van der Waals surface area contributed by atoms with Crippen LogP contribution in [0.5, 0.6) is 0 Å². The maximum atomic E-state index is 11.4. The van der Waals surface area contributed by atoms with Crippen LogP contribution in [0.1, 0.15) is 18.9 Å². The third kappa shape index (κ3) is 3.50. The number of carbonyl (C=O) groups excluding carboxylic acids is 1. The molecule has 1 atom stereocenters. The maximum absolute atomic E-state index is 11.4. The van der Waals surface area contributed by atoms with Crippen LogP contribution in [-0.2, 0) is 4.79 Å². The molecule has 1 amide bonds. The molecular weight excluding hydrogens is 242 g/mol. The van der Waals surface area contributed by atoms with Gasteiger partial charge in [-0.1, -0.05) is 41.1 Å². The summed E-state index contributed by atoms with van der Waals surface area (Å²) in [5, 5.41) is 2.87. The van der Waals surface area contributed by atoms with Gasteiger partial charge in [-0.15, -0.1) is 0 Å². The number of hydrogen-bond donors (Lipinski definition) is 1. The van der Waals surface area contributed by atoms with E-state index < -0.39 is 0 Å². The highest BCUT2D eigenvalue weighted by atomic mass is 79.9. The predicted octanol–water partition coefficient (Wildman–Crippen LogP) is 3.11. The highest BCUT2D eigenvalue weighted by Gasteiger charge is 2.06. The number of halogens is 1. The molecule has 1 unspecified atom stereocenters. The van der Waals surface area contributed by atoms with Crippen LogP contribution in [0.15, 0.2) is 24.3 Å². The molecule has 0 radical (unpaired) electrons. The van der Waals surface area contributed by atoms with Crippen molar-refractivity contribution in [3.05, 3.63) is 29.8 Å². The molecule has 0 heterocycles. The number of benzene rings is 1. The molecule has 0 saturated heterocycles. The molecule has 1 aromatic carbocycles. The minimum atomic E-state index is 0.0451. The molecule has 0 spiro atoms. The summed E-state index contributed by atoms with van der Waals surface area (Å²) in [4.78, 5) is 11.6. The fourth-order valence-corrected chi connectivity index (χ4v) is 1.46. The molecule has 1 N–H and O–H groups in total. The monoisotopic (exact) mass is 255 g/mol. The van der Waals surface area contributed by atoms with Crippen molar-refractivity contribution < 1.29 is 4.79 Å². The first kappa shape index (κ1) is 11.2. The molecule has 0 aliphatic rings. The molecule has 0 aromatic heterocycles. The predicted molar refractivity (Wildman–Crippen MR) is 62.8 cm³/mol. The standard InChI is InChI=1S/C11H14BrNO/c1-8-5-3-4-6-10(8)13-11(14)7-9(2)12/h3-6,9H,7H2,1-2H3,(H,13,14). The van der Waals surface area contributed by atoms with Crippen LogP contribution in [0.25, 0.3) is 0 Å². The van der Waals surface area contributed by atoms with Gasteiger partial charge in [0.05, 0.1) is 0 Å². The normalized spacial score (nSPS) is 12.2. The Morgan fingerprint density at radius 2 is 2.14 bits per heavy atom. The number of amides is 1. The van der Waals surface area contributed by atoms with Crippen molar-refractivity contribution in [1.29, 1.82) is 0 Å². The number of anilines is 1. The lowest BCUT2D eigenvalue weighted by atomic mass is 10.2. The van der Waals surface area contributed by atoms with Crippen molar-refractivity contribution in [3.63, 3.8) is 0 Å². The summed E-state index contributed by atoms with van der Waals surface area (Å²) in [7, 11) is 0. The van der Waals surface area contributed by atoms with Gasteiger partial charge >= 0.3 is 0 Å². The number of hydrogen-bond acceptors (Lipinski definition) is 1. The Morgan fingerprint density at radius 1 is 1.50 bits per heavy atom. The molecule has 2 nitrogen and oxygen atoms in total. The molecule has 14 heavy (non-hydrogen) atoms. The summed E-state index contributed by atoms with van der Waals surface area (Å²) in [5.41, 5.74) is 1.98. The lowest BCUT2D eigenvalue weighted by Crippen LogP contribution is -2.15. The minimum Gasteiger partial charge on any atom is -0.326 e. The Hall–Kier alpha value is -0.830. The van der Waals surface area contributed by atoms with E-state index in [2.05, 4.69) is 21.2 Å². The summed E-state index contributed by atoms with van der Waals surface area (Å²) >= 11 is 3.35. The molecule has 76 valence electrons. The Balaban J connectivity index is 2.61. The fourth-order valence-electron chi connectivity index (χ4n) is 1.17. The van der Waals surface area contributed by atoms with Gasteiger partial charge in [0.2, 0.25) is 5.91 Å². The molecule has 1 rings (SSSR count). The van der Waals surface area contributed by atoms with Crippen molar-refractivity contribution in [2.45, 2.75) is 25.1 Å². The second-order valence-electron chi connectivity index (χ2n) is 3.35. The van der Waals surface area contributed by atoms with Gasteiger partial charge in [0.15, 0.2) is 0 Å². The van der Waals surface area contributed by atoms with E-state index in [0.717, 1.165) is 11.3 Å². The van der Waals surface area contributed by atoms with Crippen LogP contribution in [0, 0.1) is 6.92 Å². The topological polar surface area (TPSA) is 29.1 Å². The van der Waals surface area contributed by atoms with E-state index in [1.165, 1.54) is 0 Å². The van der Waals surface area contributed by atoms with Gasteiger partial charge < -0.3 is 5.32 Å². The van der Waals surface area contributed by atoms with Gasteiger partial charge in [-0.2, -0.15) is 0 Å². The van der Waals surface area contributed by atoms with E-state index in [1.54, 1.807) is 0 Å². The van der Waals surface area contributed by atoms with Gasteiger partial charge in [0, 0.05) is 16.9 Å². The van der Waals surface area contributed by atoms with Crippen LogP contribution < -0.4 is 5.32 Å². The van der Waals surface area contributed by atoms with Gasteiger partial charge in [-0.3, -0.25) is 4.79 Å². The Bertz CT molecular complexity index is 323. The van der Waals surface area contributed by atoms with E-state index in [1.807, 2.05) is 38.1 Å². The summed E-state index contributed by atoms with van der Waals surface area (Å²) in [5.74, 6) is 0.0451. The van der Waals surface area contributed by atoms with Gasteiger partial charge in [0.25, 0.3) is 0 Å². The minimum absolute atomic E-state index is 0.0451. The van der Waals surface area contributed by atoms with E-state index in [9.17, 15) is 4.79 Å². The number of para-hydroxylation sites is 1. The van der Waals surface area contributed by atoms with Crippen molar-refractivity contribution >= 4 is 27.5 Å². The second kappa shape index (κ2) is 5.15. The third-order valence-electron chi connectivity index (χ3n) is 1.89. The van der Waals surface area contributed by atoms with Crippen molar-refractivity contribution in [1.82, 2.24) is 0 Å². The third-order valence-corrected chi connectivity index (χ3v) is 2.21. The average molecular weight is 256 g/mol. The Kier molecular flexibility index (Phi) is 4.14. The summed E-state index contributed by atoms with van der Waals surface area (Å²) < 4.78 is 0. The zero-order valence-electron chi connectivity index (χ0n) is 8.38. The Morgan fingerprint density at radius 3 is 2.71 bits per heavy atom. The number of nitrogens with one attached hydrogen (secondary N) is 1. The summed E-state index contributed by atoms with van der Waals surface area (Å²) in [6, 6.07) is 7.76. The molecular formula is C11H14BrNO. The van der Waals surface area contributed by atoms with Crippen LogP contribution in [0.2, 0.25) is 0 Å². The number of rotatable bonds is 3. The van der Waals surface area contributed by atoms with Crippen LogP contribution >= 0.6 is 15.9 Å². The lowest BCUT2D eigenvalue weighted by Gasteiger charge is -2.08. The van der Waals surface area contributed by atoms with E-state index in [4.69, 9.17) is 0 Å². The first-order valence-electron chi connectivity index (χ1n) is 4.59. The molecule has 0 fully saturated rings. The maximum Gasteiger partial charge on any atom is 0.225 e. The molecule has 1 aromatic rings. The Labute approximate surface area is 92.8 Å². The lowest BCUT2D eigenvalue weighted by molar-refractivity contribution is -0.116. The molecule has 0 bridgehead atoms. The number of alkyl halides is 1. The van der Waals surface area contributed by atoms with Crippen LogP contribution in [0.4, 0.5) is 5.69 Å². The van der Waals surface area contributed by atoms with Crippen LogP contribution in [-0.4, -0.2) is 10.7 Å². The quantitative estimate of drug-likeness (QED) is 0.827.